The summed E-state index contributed by atoms with van der Waals surface area (Å²) in [5.41, 5.74) is 3.29. The summed E-state index contributed by atoms with van der Waals surface area (Å²) in [4.78, 5) is 17.8. The Hall–Kier alpha value is -3.75. The van der Waals surface area contributed by atoms with Crippen molar-refractivity contribution >= 4 is 17.2 Å². The number of nitrogens with zero attached hydrogens (tertiary/aromatic N) is 5. The number of amides is 1. The number of carbonyl (C=O) groups is 1. The van der Waals surface area contributed by atoms with Crippen LogP contribution in [0.25, 0.3) is 5.65 Å². The number of likely N-dealkylation sites (N-methyl/N-ethyl adjacent to an activating group) is 1. The Kier molecular flexibility index (Phi) is 6.97. The number of hydrogen-bond donors (Lipinski definition) is 1. The number of benzene rings is 2. The maximum atomic E-state index is 13.0. The number of aromatic nitrogens is 3. The zero-order chi connectivity index (χ0) is 25.1. The molecule has 1 amide bonds. The van der Waals surface area contributed by atoms with Gasteiger partial charge in [-0.05, 0) is 62.9 Å². The van der Waals surface area contributed by atoms with Gasteiger partial charge in [0.2, 0.25) is 0 Å². The quantitative estimate of drug-likeness (QED) is 0.423. The molecule has 5 rings (SSSR count). The van der Waals surface area contributed by atoms with Crippen LogP contribution in [0.4, 0.5) is 5.69 Å². The molecule has 0 radical (unpaired) electrons. The average molecular weight is 485 g/mol. The lowest BCUT2D eigenvalue weighted by atomic mass is 10.1. The molecule has 2 aromatic carbocycles. The smallest absolute Gasteiger partial charge is 0.257 e. The van der Waals surface area contributed by atoms with Crippen LogP contribution < -0.4 is 10.1 Å². The van der Waals surface area contributed by atoms with E-state index in [9.17, 15) is 4.79 Å². The van der Waals surface area contributed by atoms with Crippen LogP contribution in [0.2, 0.25) is 0 Å². The molecule has 0 spiro atoms. The first-order chi connectivity index (χ1) is 17.5. The number of anilines is 1. The molecule has 3 heterocycles. The SMILES string of the molecule is CC(C)Oc1ccc(NC(=O)c2ccc3nnc([C@@H]4CN(Cc5ccccc5)CCN4C)n3c2)cc1. The van der Waals surface area contributed by atoms with Crippen LogP contribution in [0.15, 0.2) is 72.9 Å². The van der Waals surface area contributed by atoms with E-state index in [-0.39, 0.29) is 18.1 Å². The highest BCUT2D eigenvalue weighted by molar-refractivity contribution is 6.04. The van der Waals surface area contributed by atoms with E-state index in [0.717, 1.165) is 43.4 Å². The molecule has 8 nitrogen and oxygen atoms in total. The first-order valence-corrected chi connectivity index (χ1v) is 12.4. The molecule has 0 bridgehead atoms. The lowest BCUT2D eigenvalue weighted by Gasteiger charge is -2.38. The Labute approximate surface area is 211 Å². The van der Waals surface area contributed by atoms with Gasteiger partial charge in [0.05, 0.1) is 17.7 Å². The van der Waals surface area contributed by atoms with Gasteiger partial charge in [0.25, 0.3) is 5.91 Å². The lowest BCUT2D eigenvalue weighted by molar-refractivity contribution is 0.0852. The van der Waals surface area contributed by atoms with Gasteiger partial charge in [-0.2, -0.15) is 0 Å². The van der Waals surface area contributed by atoms with Gasteiger partial charge in [-0.15, -0.1) is 10.2 Å². The number of piperazine rings is 1. The highest BCUT2D eigenvalue weighted by Gasteiger charge is 2.29. The van der Waals surface area contributed by atoms with E-state index in [4.69, 9.17) is 4.74 Å². The van der Waals surface area contributed by atoms with Crippen molar-refractivity contribution in [2.24, 2.45) is 0 Å². The van der Waals surface area contributed by atoms with Crippen molar-refractivity contribution in [3.63, 3.8) is 0 Å². The van der Waals surface area contributed by atoms with Crippen molar-refractivity contribution in [2.45, 2.75) is 32.5 Å². The summed E-state index contributed by atoms with van der Waals surface area (Å²) in [6.07, 6.45) is 1.93. The fraction of sp³-hybridized carbons (Fsp3) is 0.321. The Morgan fingerprint density at radius 2 is 1.81 bits per heavy atom. The molecule has 8 heteroatoms. The summed E-state index contributed by atoms with van der Waals surface area (Å²) in [7, 11) is 2.12. The van der Waals surface area contributed by atoms with Crippen LogP contribution in [0, 0.1) is 0 Å². The summed E-state index contributed by atoms with van der Waals surface area (Å²) in [5.74, 6) is 1.43. The zero-order valence-electron chi connectivity index (χ0n) is 21.0. The largest absolute Gasteiger partial charge is 0.491 e. The molecule has 0 aliphatic carbocycles. The Bertz CT molecular complexity index is 1320. The number of pyridine rings is 1. The summed E-state index contributed by atoms with van der Waals surface area (Å²) in [6, 6.07) is 21.6. The van der Waals surface area contributed by atoms with Crippen LogP contribution in [-0.2, 0) is 6.54 Å². The second-order valence-corrected chi connectivity index (χ2v) is 9.57. The Balaban J connectivity index is 1.33. The van der Waals surface area contributed by atoms with Gasteiger partial charge < -0.3 is 10.1 Å². The van der Waals surface area contributed by atoms with Crippen molar-refractivity contribution in [3.05, 3.63) is 89.9 Å². The van der Waals surface area contributed by atoms with Gasteiger partial charge in [0.1, 0.15) is 5.75 Å². The minimum absolute atomic E-state index is 0.0734. The van der Waals surface area contributed by atoms with E-state index < -0.39 is 0 Å². The minimum Gasteiger partial charge on any atom is -0.491 e. The maximum Gasteiger partial charge on any atom is 0.257 e. The van der Waals surface area contributed by atoms with Gasteiger partial charge in [-0.25, -0.2) is 0 Å². The summed E-state index contributed by atoms with van der Waals surface area (Å²) >= 11 is 0. The molecule has 0 saturated carbocycles. The predicted molar refractivity (Wildman–Crippen MR) is 140 cm³/mol. The van der Waals surface area contributed by atoms with Gasteiger partial charge in [-0.1, -0.05) is 30.3 Å². The van der Waals surface area contributed by atoms with Crippen LogP contribution in [0.1, 0.15) is 41.6 Å². The number of carbonyl (C=O) groups excluding carboxylic acids is 1. The molecule has 1 N–H and O–H groups in total. The number of rotatable bonds is 7. The number of ether oxygens (including phenoxy) is 1. The highest BCUT2D eigenvalue weighted by Crippen LogP contribution is 2.25. The monoisotopic (exact) mass is 484 g/mol. The summed E-state index contributed by atoms with van der Waals surface area (Å²) in [5, 5.41) is 11.9. The third-order valence-electron chi connectivity index (χ3n) is 6.45. The molecular weight excluding hydrogens is 452 g/mol. The third-order valence-corrected chi connectivity index (χ3v) is 6.45. The Morgan fingerprint density at radius 3 is 2.56 bits per heavy atom. The average Bonchev–Trinajstić information content (AvgIpc) is 3.30. The molecule has 186 valence electrons. The van der Waals surface area contributed by atoms with Crippen molar-refractivity contribution in [1.82, 2.24) is 24.4 Å². The van der Waals surface area contributed by atoms with Gasteiger partial charge >= 0.3 is 0 Å². The normalized spacial score (nSPS) is 16.9. The molecule has 1 aliphatic rings. The van der Waals surface area contributed by atoms with Gasteiger partial charge in [0.15, 0.2) is 11.5 Å². The molecular formula is C28H32N6O2. The molecule has 36 heavy (non-hydrogen) atoms. The molecule has 2 aromatic heterocycles. The topological polar surface area (TPSA) is 75.0 Å². The second-order valence-electron chi connectivity index (χ2n) is 9.57. The predicted octanol–water partition coefficient (Wildman–Crippen LogP) is 4.26. The van der Waals surface area contributed by atoms with Crippen molar-refractivity contribution in [2.75, 3.05) is 32.0 Å². The van der Waals surface area contributed by atoms with Gasteiger partial charge in [0, 0.05) is 38.1 Å². The second kappa shape index (κ2) is 10.5. The van der Waals surface area contributed by atoms with Crippen molar-refractivity contribution in [1.29, 1.82) is 0 Å². The van der Waals surface area contributed by atoms with E-state index in [2.05, 4.69) is 56.6 Å². The van der Waals surface area contributed by atoms with Crippen molar-refractivity contribution in [3.8, 4) is 5.75 Å². The van der Waals surface area contributed by atoms with E-state index in [1.54, 1.807) is 6.07 Å². The zero-order valence-corrected chi connectivity index (χ0v) is 21.0. The molecule has 4 aromatic rings. The Morgan fingerprint density at radius 1 is 1.03 bits per heavy atom. The number of nitrogens with one attached hydrogen (secondary N) is 1. The molecule has 1 atom stereocenters. The van der Waals surface area contributed by atoms with Crippen LogP contribution in [0.5, 0.6) is 5.75 Å². The first-order valence-electron chi connectivity index (χ1n) is 12.4. The van der Waals surface area contributed by atoms with E-state index >= 15 is 0 Å². The molecule has 1 aliphatic heterocycles. The molecule has 1 fully saturated rings. The fourth-order valence-corrected chi connectivity index (χ4v) is 4.56. The lowest BCUT2D eigenvalue weighted by Crippen LogP contribution is -2.46. The fourth-order valence-electron chi connectivity index (χ4n) is 4.56. The highest BCUT2D eigenvalue weighted by atomic mass is 16.5. The number of fused-ring (bicyclic) bond motifs is 1. The van der Waals surface area contributed by atoms with E-state index in [1.807, 2.05) is 60.8 Å². The van der Waals surface area contributed by atoms with Crippen molar-refractivity contribution < 1.29 is 9.53 Å². The van der Waals surface area contributed by atoms with E-state index in [1.165, 1.54) is 5.56 Å². The van der Waals surface area contributed by atoms with Gasteiger partial charge in [-0.3, -0.25) is 19.0 Å². The third kappa shape index (κ3) is 5.40. The minimum atomic E-state index is -0.184. The summed E-state index contributed by atoms with van der Waals surface area (Å²) in [6.45, 7) is 7.63. The number of hydrogen-bond acceptors (Lipinski definition) is 6. The van der Waals surface area contributed by atoms with Crippen LogP contribution in [0.3, 0.4) is 0 Å². The van der Waals surface area contributed by atoms with E-state index in [0.29, 0.717) is 11.3 Å². The first kappa shape index (κ1) is 24.0. The summed E-state index contributed by atoms with van der Waals surface area (Å²) < 4.78 is 7.63. The maximum absolute atomic E-state index is 13.0. The molecule has 1 saturated heterocycles. The molecule has 0 unspecified atom stereocenters. The standard InChI is InChI=1S/C28H32N6O2/c1-20(2)36-24-12-10-23(11-13-24)29-28(35)22-9-14-26-30-31-27(34(26)18-22)25-19-33(16-15-32(25)3)17-21-7-5-4-6-8-21/h4-14,18,20,25H,15-17,19H2,1-3H3,(H,29,35)/t25-/m0/s1. The van der Waals surface area contributed by atoms with Crippen LogP contribution in [-0.4, -0.2) is 63.1 Å². The van der Waals surface area contributed by atoms with Crippen LogP contribution >= 0.6 is 0 Å².